The highest BCUT2D eigenvalue weighted by Gasteiger charge is 2.32. The van der Waals surface area contributed by atoms with Crippen LogP contribution in [0.2, 0.25) is 5.02 Å². The zero-order valence-electron chi connectivity index (χ0n) is 14.4. The minimum absolute atomic E-state index is 0.0252. The Bertz CT molecular complexity index is 883. The zero-order chi connectivity index (χ0) is 18.3. The Labute approximate surface area is 157 Å². The lowest BCUT2D eigenvalue weighted by atomic mass is 10.1. The number of nitrogens with zero attached hydrogens (tertiary/aromatic N) is 2. The van der Waals surface area contributed by atoms with Crippen LogP contribution in [0.4, 0.5) is 11.4 Å². The third kappa shape index (κ3) is 2.92. The van der Waals surface area contributed by atoms with E-state index in [0.29, 0.717) is 23.0 Å². The molecule has 2 aliphatic heterocycles. The van der Waals surface area contributed by atoms with Crippen LogP contribution in [0.15, 0.2) is 42.5 Å². The number of carbonyl (C=O) groups is 2. The summed E-state index contributed by atoms with van der Waals surface area (Å²) >= 11 is 5.99. The maximum absolute atomic E-state index is 12.9. The van der Waals surface area contributed by atoms with Crippen molar-refractivity contribution in [3.63, 3.8) is 0 Å². The van der Waals surface area contributed by atoms with Crippen LogP contribution >= 0.6 is 11.6 Å². The minimum atomic E-state index is -0.150. The number of amides is 2. The third-order valence-corrected chi connectivity index (χ3v) is 5.13. The lowest BCUT2D eigenvalue weighted by Crippen LogP contribution is -2.42. The molecule has 0 saturated heterocycles. The van der Waals surface area contributed by atoms with E-state index in [9.17, 15) is 9.59 Å². The Morgan fingerprint density at radius 1 is 1.23 bits per heavy atom. The minimum Gasteiger partial charge on any atom is -0.482 e. The Morgan fingerprint density at radius 2 is 2.04 bits per heavy atom. The molecule has 0 radical (unpaired) electrons. The molecule has 1 unspecified atom stereocenters. The molecule has 4 rings (SSSR count). The number of anilines is 2. The number of carbonyl (C=O) groups excluding carboxylic acids is 2. The number of hydrogen-bond donors (Lipinski definition) is 0. The number of benzene rings is 2. The van der Waals surface area contributed by atoms with E-state index in [1.165, 1.54) is 5.56 Å². The fourth-order valence-electron chi connectivity index (χ4n) is 3.70. The molecule has 2 heterocycles. The third-order valence-electron chi connectivity index (χ3n) is 4.89. The van der Waals surface area contributed by atoms with E-state index in [0.717, 1.165) is 12.1 Å². The summed E-state index contributed by atoms with van der Waals surface area (Å²) in [7, 11) is 0. The van der Waals surface area contributed by atoms with Gasteiger partial charge in [0, 0.05) is 35.8 Å². The van der Waals surface area contributed by atoms with Gasteiger partial charge in [0.2, 0.25) is 5.91 Å². The van der Waals surface area contributed by atoms with Crippen LogP contribution < -0.4 is 14.5 Å². The summed E-state index contributed by atoms with van der Waals surface area (Å²) in [6.45, 7) is 2.33. The Kier molecular flexibility index (Phi) is 4.32. The summed E-state index contributed by atoms with van der Waals surface area (Å²) in [5.41, 5.74) is 2.83. The van der Waals surface area contributed by atoms with Crippen molar-refractivity contribution < 1.29 is 14.3 Å². The zero-order valence-corrected chi connectivity index (χ0v) is 15.2. The van der Waals surface area contributed by atoms with E-state index < -0.39 is 0 Å². The van der Waals surface area contributed by atoms with Crippen LogP contribution in [0, 0.1) is 0 Å². The molecule has 5 nitrogen and oxygen atoms in total. The maximum atomic E-state index is 12.9. The van der Waals surface area contributed by atoms with Gasteiger partial charge in [-0.2, -0.15) is 0 Å². The molecule has 2 aromatic carbocycles. The Hall–Kier alpha value is -2.53. The van der Waals surface area contributed by atoms with Crippen molar-refractivity contribution in [1.29, 1.82) is 0 Å². The average molecular weight is 371 g/mol. The second-order valence-electron chi connectivity index (χ2n) is 6.64. The van der Waals surface area contributed by atoms with Gasteiger partial charge in [-0.1, -0.05) is 29.8 Å². The lowest BCUT2D eigenvalue weighted by molar-refractivity contribution is -0.121. The van der Waals surface area contributed by atoms with Crippen LogP contribution in [0.25, 0.3) is 0 Å². The van der Waals surface area contributed by atoms with Crippen molar-refractivity contribution in [3.05, 3.63) is 53.1 Å². The number of halogens is 1. The smallest absolute Gasteiger partial charge is 0.265 e. The number of ether oxygens (including phenoxy) is 1. The topological polar surface area (TPSA) is 49.9 Å². The molecule has 2 amide bonds. The first-order valence-electron chi connectivity index (χ1n) is 8.67. The van der Waals surface area contributed by atoms with E-state index in [4.69, 9.17) is 16.3 Å². The van der Waals surface area contributed by atoms with Crippen molar-refractivity contribution in [2.24, 2.45) is 0 Å². The predicted octanol–water partition coefficient (Wildman–Crippen LogP) is 3.43. The molecular formula is C20H19ClN2O3. The van der Waals surface area contributed by atoms with Crippen LogP contribution in [0.1, 0.15) is 18.9 Å². The van der Waals surface area contributed by atoms with Gasteiger partial charge in [-0.3, -0.25) is 9.59 Å². The van der Waals surface area contributed by atoms with Gasteiger partial charge < -0.3 is 14.5 Å². The predicted molar refractivity (Wildman–Crippen MR) is 101 cm³/mol. The summed E-state index contributed by atoms with van der Waals surface area (Å²) in [4.78, 5) is 28.6. The molecule has 2 aromatic rings. The van der Waals surface area contributed by atoms with Crippen LogP contribution in [-0.4, -0.2) is 31.0 Å². The first kappa shape index (κ1) is 16.9. The summed E-state index contributed by atoms with van der Waals surface area (Å²) < 4.78 is 5.45. The number of hydrogen-bond acceptors (Lipinski definition) is 3. The normalized spacial score (nSPS) is 18.4. The van der Waals surface area contributed by atoms with Crippen molar-refractivity contribution in [2.45, 2.75) is 25.8 Å². The van der Waals surface area contributed by atoms with Gasteiger partial charge in [-0.15, -0.1) is 0 Å². The van der Waals surface area contributed by atoms with Gasteiger partial charge in [0.15, 0.2) is 6.61 Å². The fraction of sp³-hybridized carbons (Fsp3) is 0.300. The average Bonchev–Trinajstić information content (AvgIpc) is 2.96. The molecule has 26 heavy (non-hydrogen) atoms. The quantitative estimate of drug-likeness (QED) is 0.831. The molecule has 134 valence electrons. The monoisotopic (exact) mass is 370 g/mol. The van der Waals surface area contributed by atoms with Crippen LogP contribution in [-0.2, 0) is 16.0 Å². The highest BCUT2D eigenvalue weighted by atomic mass is 35.5. The largest absolute Gasteiger partial charge is 0.482 e. The van der Waals surface area contributed by atoms with E-state index in [2.05, 4.69) is 13.0 Å². The van der Waals surface area contributed by atoms with Crippen molar-refractivity contribution >= 4 is 34.8 Å². The number of fused-ring (bicyclic) bond motifs is 2. The number of rotatable bonds is 3. The SMILES string of the molecule is CC1Cc2ccccc2N1C(=O)CCN1C(=O)COc2cc(Cl)ccc21. The Morgan fingerprint density at radius 3 is 2.88 bits per heavy atom. The summed E-state index contributed by atoms with van der Waals surface area (Å²) in [5, 5.41) is 0.552. The fourth-order valence-corrected chi connectivity index (χ4v) is 3.86. The van der Waals surface area contributed by atoms with Gasteiger partial charge in [-0.05, 0) is 37.1 Å². The molecule has 0 aliphatic carbocycles. The second kappa shape index (κ2) is 6.65. The van der Waals surface area contributed by atoms with E-state index in [-0.39, 0.29) is 30.9 Å². The molecular weight excluding hydrogens is 352 g/mol. The summed E-state index contributed by atoms with van der Waals surface area (Å²) in [5.74, 6) is 0.448. The highest BCUT2D eigenvalue weighted by Crippen LogP contribution is 2.35. The standard InChI is InChI=1S/C20H19ClN2O3/c1-13-10-14-4-2-3-5-16(14)23(13)19(24)8-9-22-17-7-6-15(21)11-18(17)26-12-20(22)25/h2-7,11,13H,8-10,12H2,1H3. The second-order valence-corrected chi connectivity index (χ2v) is 7.08. The molecule has 2 aliphatic rings. The maximum Gasteiger partial charge on any atom is 0.265 e. The first-order valence-corrected chi connectivity index (χ1v) is 9.05. The highest BCUT2D eigenvalue weighted by molar-refractivity contribution is 6.30. The van der Waals surface area contributed by atoms with Crippen molar-refractivity contribution in [2.75, 3.05) is 23.0 Å². The van der Waals surface area contributed by atoms with Crippen molar-refractivity contribution in [3.8, 4) is 5.75 Å². The van der Waals surface area contributed by atoms with Crippen molar-refractivity contribution in [1.82, 2.24) is 0 Å². The van der Waals surface area contributed by atoms with E-state index in [1.807, 2.05) is 23.1 Å². The first-order chi connectivity index (χ1) is 12.5. The molecule has 0 aromatic heterocycles. The van der Waals surface area contributed by atoms with Crippen LogP contribution in [0.3, 0.4) is 0 Å². The molecule has 6 heteroatoms. The van der Waals surface area contributed by atoms with Gasteiger partial charge in [0.05, 0.1) is 5.69 Å². The summed E-state index contributed by atoms with van der Waals surface area (Å²) in [6, 6.07) is 13.3. The Balaban J connectivity index is 1.51. The van der Waals surface area contributed by atoms with Gasteiger partial charge >= 0.3 is 0 Å². The molecule has 0 N–H and O–H groups in total. The number of para-hydroxylation sites is 1. The van der Waals surface area contributed by atoms with E-state index >= 15 is 0 Å². The van der Waals surface area contributed by atoms with Gasteiger partial charge in [0.1, 0.15) is 5.75 Å². The molecule has 0 fully saturated rings. The molecule has 0 bridgehead atoms. The molecule has 0 saturated carbocycles. The van der Waals surface area contributed by atoms with Crippen LogP contribution in [0.5, 0.6) is 5.75 Å². The molecule has 0 spiro atoms. The van der Waals surface area contributed by atoms with Gasteiger partial charge in [-0.25, -0.2) is 0 Å². The van der Waals surface area contributed by atoms with E-state index in [1.54, 1.807) is 23.1 Å². The lowest BCUT2D eigenvalue weighted by Gasteiger charge is -2.30. The summed E-state index contributed by atoms with van der Waals surface area (Å²) in [6.07, 6.45) is 1.12. The molecule has 1 atom stereocenters. The van der Waals surface area contributed by atoms with Gasteiger partial charge in [0.25, 0.3) is 5.91 Å².